The first kappa shape index (κ1) is 12.9. The molecule has 0 aliphatic heterocycles. The zero-order chi connectivity index (χ0) is 11.8. The highest BCUT2D eigenvalue weighted by atomic mass is 32.2. The number of thioether (sulfide) groups is 1. The number of H-pyrrole nitrogens is 1. The second-order valence-corrected chi connectivity index (χ2v) is 3.73. The van der Waals surface area contributed by atoms with Crippen LogP contribution in [-0.2, 0) is 20.9 Å². The van der Waals surface area contributed by atoms with Crippen molar-refractivity contribution in [1.29, 1.82) is 0 Å². The van der Waals surface area contributed by atoms with Crippen LogP contribution in [0.2, 0.25) is 0 Å². The van der Waals surface area contributed by atoms with Crippen molar-refractivity contribution in [2.24, 2.45) is 0 Å². The molecule has 0 saturated carbocycles. The summed E-state index contributed by atoms with van der Waals surface area (Å²) < 4.78 is 10.0. The van der Waals surface area contributed by atoms with E-state index in [0.29, 0.717) is 30.8 Å². The largest absolute Gasteiger partial charge is 0.481 e. The lowest BCUT2D eigenvalue weighted by Gasteiger charge is -1.99. The predicted octanol–water partition coefficient (Wildman–Crippen LogP) is 0.144. The van der Waals surface area contributed by atoms with Crippen LogP contribution in [0.5, 0.6) is 0 Å². The average molecular weight is 247 g/mol. The molecule has 1 rings (SSSR count). The highest BCUT2D eigenvalue weighted by Gasteiger charge is 2.06. The molecule has 90 valence electrons. The molecular weight excluding hydrogens is 234 g/mol. The number of hydrogen-bond donors (Lipinski definition) is 2. The van der Waals surface area contributed by atoms with E-state index in [0.717, 1.165) is 11.8 Å². The topological polar surface area (TPSA) is 97.3 Å². The molecule has 0 amide bonds. The van der Waals surface area contributed by atoms with Gasteiger partial charge in [-0.25, -0.2) is 4.98 Å². The van der Waals surface area contributed by atoms with Gasteiger partial charge >= 0.3 is 5.97 Å². The van der Waals surface area contributed by atoms with Crippen molar-refractivity contribution >= 4 is 17.7 Å². The van der Waals surface area contributed by atoms with Gasteiger partial charge in [0.25, 0.3) is 0 Å². The first-order valence-electron chi connectivity index (χ1n) is 4.55. The molecule has 1 aromatic heterocycles. The highest BCUT2D eigenvalue weighted by Crippen LogP contribution is 2.11. The Labute approximate surface area is 96.5 Å². The van der Waals surface area contributed by atoms with Crippen molar-refractivity contribution in [3.05, 3.63) is 5.82 Å². The minimum atomic E-state index is -0.896. The summed E-state index contributed by atoms with van der Waals surface area (Å²) in [5, 5.41) is 15.4. The Bertz CT molecular complexity index is 331. The molecule has 0 aliphatic rings. The van der Waals surface area contributed by atoms with Crippen molar-refractivity contribution < 1.29 is 19.4 Å². The molecule has 0 bridgehead atoms. The Morgan fingerprint density at radius 3 is 3.06 bits per heavy atom. The van der Waals surface area contributed by atoms with Gasteiger partial charge < -0.3 is 14.6 Å². The van der Waals surface area contributed by atoms with Gasteiger partial charge in [0.05, 0.1) is 19.0 Å². The van der Waals surface area contributed by atoms with Crippen molar-refractivity contribution in [2.45, 2.75) is 11.8 Å². The number of nitrogens with zero attached hydrogens (tertiary/aromatic N) is 2. The quantitative estimate of drug-likeness (QED) is 0.498. The molecule has 8 heteroatoms. The summed E-state index contributed by atoms with van der Waals surface area (Å²) in [6.07, 6.45) is 0. The zero-order valence-corrected chi connectivity index (χ0v) is 9.62. The summed E-state index contributed by atoms with van der Waals surface area (Å²) in [5.74, 6) is -0.376. The number of rotatable bonds is 8. The van der Waals surface area contributed by atoms with Crippen LogP contribution in [0.4, 0.5) is 0 Å². The van der Waals surface area contributed by atoms with Crippen molar-refractivity contribution in [2.75, 3.05) is 26.1 Å². The van der Waals surface area contributed by atoms with E-state index in [4.69, 9.17) is 14.6 Å². The maximum absolute atomic E-state index is 10.3. The van der Waals surface area contributed by atoms with Gasteiger partial charge in [-0.2, -0.15) is 0 Å². The van der Waals surface area contributed by atoms with E-state index in [2.05, 4.69) is 15.2 Å². The molecule has 0 unspecified atom stereocenters. The van der Waals surface area contributed by atoms with Gasteiger partial charge in [0.1, 0.15) is 6.61 Å². The predicted molar refractivity (Wildman–Crippen MR) is 56.3 cm³/mol. The Morgan fingerprint density at radius 2 is 2.38 bits per heavy atom. The monoisotopic (exact) mass is 247 g/mol. The zero-order valence-electron chi connectivity index (χ0n) is 8.80. The molecule has 16 heavy (non-hydrogen) atoms. The van der Waals surface area contributed by atoms with Gasteiger partial charge in [0, 0.05) is 7.11 Å². The molecule has 2 N–H and O–H groups in total. The molecule has 0 spiro atoms. The second kappa shape index (κ2) is 7.20. The van der Waals surface area contributed by atoms with Crippen molar-refractivity contribution in [3.63, 3.8) is 0 Å². The van der Waals surface area contributed by atoms with E-state index in [1.54, 1.807) is 7.11 Å². The number of carbonyl (C=O) groups is 1. The standard InChI is InChI=1S/C8H13N3O4S/c1-14-2-3-15-4-6-9-8(11-10-6)16-5-7(12)13/h2-5H2,1H3,(H,12,13)(H,9,10,11). The van der Waals surface area contributed by atoms with E-state index in [1.165, 1.54) is 0 Å². The molecule has 0 atom stereocenters. The van der Waals surface area contributed by atoms with E-state index < -0.39 is 5.97 Å². The van der Waals surface area contributed by atoms with E-state index in [1.807, 2.05) is 0 Å². The SMILES string of the molecule is COCCOCc1nc(SCC(=O)O)n[nH]1. The van der Waals surface area contributed by atoms with Crippen LogP contribution in [0, 0.1) is 0 Å². The Kier molecular flexibility index (Phi) is 5.83. The third-order valence-electron chi connectivity index (χ3n) is 1.51. The van der Waals surface area contributed by atoms with Crippen molar-refractivity contribution in [1.82, 2.24) is 15.2 Å². The van der Waals surface area contributed by atoms with Crippen LogP contribution in [0.3, 0.4) is 0 Å². The molecule has 7 nitrogen and oxygen atoms in total. The molecule has 0 aliphatic carbocycles. The molecule has 1 heterocycles. The van der Waals surface area contributed by atoms with Gasteiger partial charge in [-0.15, -0.1) is 5.10 Å². The van der Waals surface area contributed by atoms with Crippen LogP contribution in [0.15, 0.2) is 5.16 Å². The fourth-order valence-electron chi connectivity index (χ4n) is 0.844. The summed E-state index contributed by atoms with van der Waals surface area (Å²) in [6.45, 7) is 1.31. The van der Waals surface area contributed by atoms with E-state index in [-0.39, 0.29) is 5.75 Å². The fourth-order valence-corrected chi connectivity index (χ4v) is 1.38. The van der Waals surface area contributed by atoms with Crippen LogP contribution >= 0.6 is 11.8 Å². The number of aromatic amines is 1. The number of aliphatic carboxylic acids is 1. The Balaban J connectivity index is 2.25. The lowest BCUT2D eigenvalue weighted by molar-refractivity contribution is -0.133. The third-order valence-corrected chi connectivity index (χ3v) is 2.34. The average Bonchev–Trinajstić information content (AvgIpc) is 2.70. The number of nitrogens with one attached hydrogen (secondary N) is 1. The van der Waals surface area contributed by atoms with Gasteiger partial charge in [0.2, 0.25) is 5.16 Å². The molecular formula is C8H13N3O4S. The maximum atomic E-state index is 10.3. The number of aromatic nitrogens is 3. The minimum absolute atomic E-state index is 0.0537. The maximum Gasteiger partial charge on any atom is 0.313 e. The highest BCUT2D eigenvalue weighted by molar-refractivity contribution is 7.99. The number of carboxylic acids is 1. The normalized spacial score (nSPS) is 10.6. The van der Waals surface area contributed by atoms with E-state index >= 15 is 0 Å². The summed E-state index contributed by atoms with van der Waals surface area (Å²) in [6, 6.07) is 0. The minimum Gasteiger partial charge on any atom is -0.481 e. The first-order valence-corrected chi connectivity index (χ1v) is 5.53. The van der Waals surface area contributed by atoms with Gasteiger partial charge in [-0.1, -0.05) is 11.8 Å². The number of methoxy groups -OCH3 is 1. The van der Waals surface area contributed by atoms with Crippen LogP contribution < -0.4 is 0 Å². The Hall–Kier alpha value is -1.12. The first-order chi connectivity index (χ1) is 7.72. The molecule has 0 fully saturated rings. The lowest BCUT2D eigenvalue weighted by atomic mass is 10.6. The lowest BCUT2D eigenvalue weighted by Crippen LogP contribution is -2.02. The third kappa shape index (κ3) is 5.10. The molecule has 0 saturated heterocycles. The number of carboxylic acid groups (broad SMARTS) is 1. The number of hydrogen-bond acceptors (Lipinski definition) is 6. The van der Waals surface area contributed by atoms with Crippen LogP contribution in [-0.4, -0.2) is 52.3 Å². The Morgan fingerprint density at radius 1 is 1.56 bits per heavy atom. The second-order valence-electron chi connectivity index (χ2n) is 2.79. The fraction of sp³-hybridized carbons (Fsp3) is 0.625. The summed E-state index contributed by atoms with van der Waals surface area (Å²) in [4.78, 5) is 14.3. The molecule has 1 aromatic rings. The van der Waals surface area contributed by atoms with Gasteiger partial charge in [0.15, 0.2) is 5.82 Å². The smallest absolute Gasteiger partial charge is 0.313 e. The summed E-state index contributed by atoms with van der Waals surface area (Å²) in [5.41, 5.74) is 0. The van der Waals surface area contributed by atoms with Crippen LogP contribution in [0.25, 0.3) is 0 Å². The summed E-state index contributed by atoms with van der Waals surface area (Å²) in [7, 11) is 1.60. The van der Waals surface area contributed by atoms with Gasteiger partial charge in [-0.05, 0) is 0 Å². The van der Waals surface area contributed by atoms with Crippen molar-refractivity contribution in [3.8, 4) is 0 Å². The summed E-state index contributed by atoms with van der Waals surface area (Å²) >= 11 is 1.06. The van der Waals surface area contributed by atoms with Gasteiger partial charge in [-0.3, -0.25) is 9.89 Å². The van der Waals surface area contributed by atoms with E-state index in [9.17, 15) is 4.79 Å². The molecule has 0 radical (unpaired) electrons. The number of ether oxygens (including phenoxy) is 2. The van der Waals surface area contributed by atoms with Crippen LogP contribution in [0.1, 0.15) is 5.82 Å². The molecule has 0 aromatic carbocycles.